The summed E-state index contributed by atoms with van der Waals surface area (Å²) in [4.78, 5) is 12.2. The molecule has 0 aromatic heterocycles. The van der Waals surface area contributed by atoms with Gasteiger partial charge in [-0.15, -0.1) is 0 Å². The van der Waals surface area contributed by atoms with E-state index in [1.807, 2.05) is 6.07 Å². The van der Waals surface area contributed by atoms with Gasteiger partial charge in [-0.3, -0.25) is 0 Å². The summed E-state index contributed by atoms with van der Waals surface area (Å²) in [6.07, 6.45) is -0.302. The molecule has 0 saturated carbocycles. The first-order valence-electron chi connectivity index (χ1n) is 7.30. The number of carbonyl (C=O) groups is 1. The average Bonchev–Trinajstić information content (AvgIpc) is 2.47. The lowest BCUT2D eigenvalue weighted by atomic mass is 9.99. The third-order valence-corrected chi connectivity index (χ3v) is 3.13. The van der Waals surface area contributed by atoms with Gasteiger partial charge in [0.1, 0.15) is 11.5 Å². The molecule has 1 atom stereocenters. The van der Waals surface area contributed by atoms with Gasteiger partial charge in [0.05, 0.1) is 11.7 Å². The SMILES string of the molecule is CC(C)OC(=O)c1ccc(O)cc1C(C)(O)Oc1ccccc1. The molecule has 2 N–H and O–H groups in total. The average molecular weight is 316 g/mol. The van der Waals surface area contributed by atoms with Crippen molar-refractivity contribution in [2.45, 2.75) is 32.7 Å². The Morgan fingerprint density at radius 3 is 2.39 bits per heavy atom. The molecule has 0 spiro atoms. The Labute approximate surface area is 135 Å². The van der Waals surface area contributed by atoms with Crippen molar-refractivity contribution in [2.24, 2.45) is 0 Å². The molecule has 0 saturated heterocycles. The highest BCUT2D eigenvalue weighted by Crippen LogP contribution is 2.31. The minimum Gasteiger partial charge on any atom is -0.508 e. The van der Waals surface area contributed by atoms with Gasteiger partial charge >= 0.3 is 5.97 Å². The minimum atomic E-state index is -1.81. The Hall–Kier alpha value is -2.53. The van der Waals surface area contributed by atoms with Crippen molar-refractivity contribution in [3.63, 3.8) is 0 Å². The van der Waals surface area contributed by atoms with Crippen LogP contribution in [-0.4, -0.2) is 22.3 Å². The van der Waals surface area contributed by atoms with Crippen LogP contribution in [0.3, 0.4) is 0 Å². The number of hydrogen-bond donors (Lipinski definition) is 2. The monoisotopic (exact) mass is 316 g/mol. The van der Waals surface area contributed by atoms with Crippen molar-refractivity contribution >= 4 is 5.97 Å². The van der Waals surface area contributed by atoms with Crippen LogP contribution in [0, 0.1) is 0 Å². The van der Waals surface area contributed by atoms with E-state index in [4.69, 9.17) is 9.47 Å². The second kappa shape index (κ2) is 6.71. The molecule has 2 rings (SSSR count). The fourth-order valence-corrected chi connectivity index (χ4v) is 2.14. The molecule has 5 nitrogen and oxygen atoms in total. The normalized spacial score (nSPS) is 13.4. The summed E-state index contributed by atoms with van der Waals surface area (Å²) >= 11 is 0. The van der Waals surface area contributed by atoms with Crippen molar-refractivity contribution in [3.05, 3.63) is 59.7 Å². The Morgan fingerprint density at radius 2 is 1.78 bits per heavy atom. The zero-order valence-corrected chi connectivity index (χ0v) is 13.3. The number of benzene rings is 2. The largest absolute Gasteiger partial charge is 0.508 e. The lowest BCUT2D eigenvalue weighted by Gasteiger charge is -2.27. The molecule has 0 heterocycles. The number of para-hydroxylation sites is 1. The fourth-order valence-electron chi connectivity index (χ4n) is 2.14. The number of rotatable bonds is 5. The predicted molar refractivity (Wildman–Crippen MR) is 85.3 cm³/mol. The van der Waals surface area contributed by atoms with E-state index < -0.39 is 11.8 Å². The van der Waals surface area contributed by atoms with Gasteiger partial charge in [-0.25, -0.2) is 4.79 Å². The predicted octanol–water partition coefficient (Wildman–Crippen LogP) is 3.20. The third-order valence-electron chi connectivity index (χ3n) is 3.13. The standard InChI is InChI=1S/C18H20O5/c1-12(2)22-17(20)15-10-9-13(19)11-16(15)18(3,21)23-14-7-5-4-6-8-14/h4-12,19,21H,1-3H3. The quantitative estimate of drug-likeness (QED) is 0.654. The van der Waals surface area contributed by atoms with E-state index >= 15 is 0 Å². The summed E-state index contributed by atoms with van der Waals surface area (Å²) in [5.41, 5.74) is 0.268. The number of carbonyl (C=O) groups excluding carboxylic acids is 1. The number of aromatic hydroxyl groups is 1. The van der Waals surface area contributed by atoms with Crippen LogP contribution >= 0.6 is 0 Å². The number of phenolic OH excluding ortho intramolecular Hbond substituents is 1. The van der Waals surface area contributed by atoms with Gasteiger partial charge in [-0.1, -0.05) is 18.2 Å². The molecule has 0 fully saturated rings. The first-order valence-corrected chi connectivity index (χ1v) is 7.30. The topological polar surface area (TPSA) is 76.0 Å². The molecule has 122 valence electrons. The highest BCUT2D eigenvalue weighted by Gasteiger charge is 2.32. The molecule has 0 radical (unpaired) electrons. The van der Waals surface area contributed by atoms with Crippen molar-refractivity contribution in [2.75, 3.05) is 0 Å². The van der Waals surface area contributed by atoms with E-state index in [1.54, 1.807) is 38.1 Å². The maximum atomic E-state index is 12.2. The van der Waals surface area contributed by atoms with Gasteiger partial charge in [0, 0.05) is 12.5 Å². The van der Waals surface area contributed by atoms with E-state index in [9.17, 15) is 15.0 Å². The Kier molecular flexibility index (Phi) is 4.91. The van der Waals surface area contributed by atoms with Crippen LogP contribution in [0.2, 0.25) is 0 Å². The molecule has 0 aliphatic carbocycles. The van der Waals surface area contributed by atoms with Crippen LogP contribution in [0.4, 0.5) is 0 Å². The van der Waals surface area contributed by atoms with Crippen LogP contribution in [0.5, 0.6) is 11.5 Å². The van der Waals surface area contributed by atoms with Crippen molar-refractivity contribution < 1.29 is 24.5 Å². The maximum Gasteiger partial charge on any atom is 0.338 e. The van der Waals surface area contributed by atoms with Gasteiger partial charge in [-0.05, 0) is 44.2 Å². The van der Waals surface area contributed by atoms with Gasteiger partial charge in [0.25, 0.3) is 0 Å². The smallest absolute Gasteiger partial charge is 0.338 e. The zero-order valence-electron chi connectivity index (χ0n) is 13.3. The van der Waals surface area contributed by atoms with Crippen LogP contribution in [-0.2, 0) is 10.5 Å². The number of phenols is 1. The Bertz CT molecular complexity index is 677. The highest BCUT2D eigenvalue weighted by atomic mass is 16.6. The van der Waals surface area contributed by atoms with Crippen molar-refractivity contribution in [3.8, 4) is 11.5 Å². The second-order valence-electron chi connectivity index (χ2n) is 5.58. The molecule has 1 unspecified atom stereocenters. The molecule has 0 aliphatic heterocycles. The number of hydrogen-bond acceptors (Lipinski definition) is 5. The molecule has 0 aliphatic rings. The van der Waals surface area contributed by atoms with Crippen LogP contribution in [0.15, 0.2) is 48.5 Å². The number of ether oxygens (including phenoxy) is 2. The van der Waals surface area contributed by atoms with Crippen LogP contribution in [0.1, 0.15) is 36.7 Å². The zero-order chi connectivity index (χ0) is 17.0. The number of aliphatic hydroxyl groups is 1. The second-order valence-corrected chi connectivity index (χ2v) is 5.58. The molecule has 0 bridgehead atoms. The van der Waals surface area contributed by atoms with E-state index in [-0.39, 0.29) is 23.0 Å². The number of esters is 1. The van der Waals surface area contributed by atoms with Crippen molar-refractivity contribution in [1.29, 1.82) is 0 Å². The van der Waals surface area contributed by atoms with E-state index in [2.05, 4.69) is 0 Å². The molecular weight excluding hydrogens is 296 g/mol. The first kappa shape index (κ1) is 16.8. The van der Waals surface area contributed by atoms with Crippen LogP contribution in [0.25, 0.3) is 0 Å². The highest BCUT2D eigenvalue weighted by molar-refractivity contribution is 5.91. The maximum absolute atomic E-state index is 12.2. The van der Waals surface area contributed by atoms with Gasteiger partial charge in [-0.2, -0.15) is 0 Å². The van der Waals surface area contributed by atoms with Crippen molar-refractivity contribution in [1.82, 2.24) is 0 Å². The molecule has 5 heteroatoms. The summed E-state index contributed by atoms with van der Waals surface area (Å²) in [5, 5.41) is 20.4. The molecule has 2 aromatic carbocycles. The fraction of sp³-hybridized carbons (Fsp3) is 0.278. The summed E-state index contributed by atoms with van der Waals surface area (Å²) in [6, 6.07) is 12.8. The van der Waals surface area contributed by atoms with E-state index in [0.717, 1.165) is 0 Å². The van der Waals surface area contributed by atoms with E-state index in [0.29, 0.717) is 5.75 Å². The van der Waals surface area contributed by atoms with E-state index in [1.165, 1.54) is 25.1 Å². The molecular formula is C18H20O5. The summed E-state index contributed by atoms with van der Waals surface area (Å²) in [6.45, 7) is 4.87. The minimum absolute atomic E-state index is 0.0852. The Balaban J connectivity index is 2.39. The molecule has 0 amide bonds. The van der Waals surface area contributed by atoms with Gasteiger partial charge in [0.15, 0.2) is 0 Å². The van der Waals surface area contributed by atoms with Crippen LogP contribution < -0.4 is 4.74 Å². The van der Waals surface area contributed by atoms with Gasteiger partial charge < -0.3 is 19.7 Å². The first-order chi connectivity index (χ1) is 10.8. The lowest BCUT2D eigenvalue weighted by Crippen LogP contribution is -2.31. The summed E-state index contributed by atoms with van der Waals surface area (Å²) in [5.74, 6) is -2.06. The van der Waals surface area contributed by atoms with Gasteiger partial charge in [0.2, 0.25) is 5.79 Å². The molecule has 2 aromatic rings. The third kappa shape index (κ3) is 4.23. The molecule has 23 heavy (non-hydrogen) atoms. The Morgan fingerprint density at radius 1 is 1.13 bits per heavy atom. The summed E-state index contributed by atoms with van der Waals surface area (Å²) in [7, 11) is 0. The summed E-state index contributed by atoms with van der Waals surface area (Å²) < 4.78 is 10.8. The lowest BCUT2D eigenvalue weighted by molar-refractivity contribution is -0.129.